The van der Waals surface area contributed by atoms with Crippen LogP contribution in [0, 0.1) is 17.8 Å². The van der Waals surface area contributed by atoms with E-state index in [-0.39, 0.29) is 17.7 Å². The predicted octanol–water partition coefficient (Wildman–Crippen LogP) is 1.55. The van der Waals surface area contributed by atoms with Crippen LogP contribution in [-0.4, -0.2) is 52.6 Å². The molecule has 1 spiro atoms. The van der Waals surface area contributed by atoms with E-state index in [1.54, 1.807) is 0 Å². The maximum atomic E-state index is 11.6. The van der Waals surface area contributed by atoms with E-state index in [2.05, 4.69) is 48.0 Å². The maximum Gasteiger partial charge on any atom is 0.111 e. The molecule has 4 heteroatoms. The summed E-state index contributed by atoms with van der Waals surface area (Å²) in [5, 5.41) is 22.6. The third-order valence-corrected chi connectivity index (χ3v) is 8.46. The maximum absolute atomic E-state index is 11.6. The molecule has 2 N–H and O–H groups in total. The van der Waals surface area contributed by atoms with Crippen LogP contribution in [0.3, 0.4) is 0 Å². The van der Waals surface area contributed by atoms with Gasteiger partial charge in [0.15, 0.2) is 0 Å². The molecule has 6 aliphatic rings. The second-order valence-corrected chi connectivity index (χ2v) is 8.81. The number of nitrogens with zero attached hydrogens (tertiary/aromatic N) is 2. The number of anilines is 1. The topological polar surface area (TPSA) is 46.9 Å². The van der Waals surface area contributed by atoms with Gasteiger partial charge < -0.3 is 15.1 Å². The van der Waals surface area contributed by atoms with E-state index in [4.69, 9.17) is 0 Å². The van der Waals surface area contributed by atoms with Gasteiger partial charge >= 0.3 is 0 Å². The van der Waals surface area contributed by atoms with Gasteiger partial charge in [-0.25, -0.2) is 0 Å². The minimum absolute atomic E-state index is 0.126. The molecule has 0 amide bonds. The molecule has 1 saturated carbocycles. The zero-order valence-corrected chi connectivity index (χ0v) is 14.3. The van der Waals surface area contributed by atoms with Gasteiger partial charge in [-0.3, -0.25) is 4.90 Å². The van der Waals surface area contributed by atoms with Gasteiger partial charge in [-0.2, -0.15) is 0 Å². The van der Waals surface area contributed by atoms with Crippen LogP contribution in [0.15, 0.2) is 24.3 Å². The first kappa shape index (κ1) is 14.1. The molecular weight excluding hydrogens is 300 g/mol. The monoisotopic (exact) mass is 326 g/mol. The van der Waals surface area contributed by atoms with E-state index in [0.717, 1.165) is 19.3 Å². The van der Waals surface area contributed by atoms with Crippen molar-refractivity contribution in [3.8, 4) is 0 Å². The Kier molecular flexibility index (Phi) is 2.45. The molecule has 0 aromatic heterocycles. The molecule has 10 atom stereocenters. The molecule has 5 fully saturated rings. The van der Waals surface area contributed by atoms with Crippen molar-refractivity contribution in [2.75, 3.05) is 11.9 Å². The molecule has 5 heterocycles. The summed E-state index contributed by atoms with van der Waals surface area (Å²) in [4.78, 5) is 4.83. The van der Waals surface area contributed by atoms with E-state index < -0.39 is 0 Å². The number of likely N-dealkylation sites (N-methyl/N-ethyl adjacent to an activating group) is 1. The number of para-hydroxylation sites is 1. The first-order valence-electron chi connectivity index (χ1n) is 9.57. The van der Waals surface area contributed by atoms with E-state index in [1.807, 2.05) is 0 Å². The Labute approximate surface area is 143 Å². The second kappa shape index (κ2) is 4.17. The SMILES string of the molecule is CCC1C2CC3C4N(C)c5ccccc5[C@]45CC(C2C5O)N3C1O. The molecule has 7 rings (SSSR count). The highest BCUT2D eigenvalue weighted by Gasteiger charge is 2.76. The lowest BCUT2D eigenvalue weighted by atomic mass is 9.62. The summed E-state index contributed by atoms with van der Waals surface area (Å²) in [5.74, 6) is 1.14. The van der Waals surface area contributed by atoms with Crippen molar-refractivity contribution in [1.82, 2.24) is 4.90 Å². The summed E-state index contributed by atoms with van der Waals surface area (Å²) in [6, 6.07) is 9.70. The standard InChI is InChI=1S/C20H26N2O2/c1-3-10-11-8-14-17-20(12-6-4-5-7-13(12)21(17)2)9-15(16(11)18(20)23)22(14)19(10)24/h4-7,10-11,14-19,23-24H,3,8-9H2,1-2H3/t10?,11?,14?,15?,16?,17?,18?,19?,20-/m1/s1. The molecule has 1 aromatic rings. The van der Waals surface area contributed by atoms with Crippen LogP contribution >= 0.6 is 0 Å². The van der Waals surface area contributed by atoms with E-state index in [9.17, 15) is 10.2 Å². The van der Waals surface area contributed by atoms with Crippen LogP contribution in [0.2, 0.25) is 0 Å². The summed E-state index contributed by atoms with van der Waals surface area (Å²) < 4.78 is 0. The summed E-state index contributed by atoms with van der Waals surface area (Å²) in [5.41, 5.74) is 2.51. The number of hydrogen-bond acceptors (Lipinski definition) is 4. The van der Waals surface area contributed by atoms with Gasteiger partial charge in [0.2, 0.25) is 0 Å². The number of benzene rings is 1. The zero-order valence-electron chi connectivity index (χ0n) is 14.3. The Morgan fingerprint density at radius 1 is 1.21 bits per heavy atom. The average Bonchev–Trinajstić information content (AvgIpc) is 2.97. The van der Waals surface area contributed by atoms with Gasteiger partial charge in [0, 0.05) is 42.1 Å². The van der Waals surface area contributed by atoms with Crippen molar-refractivity contribution in [2.45, 2.75) is 62.1 Å². The molecule has 4 saturated heterocycles. The first-order valence-corrected chi connectivity index (χ1v) is 9.57. The minimum atomic E-state index is -0.319. The fourth-order valence-electron chi connectivity index (χ4n) is 7.88. The highest BCUT2D eigenvalue weighted by molar-refractivity contribution is 5.67. The van der Waals surface area contributed by atoms with E-state index in [0.29, 0.717) is 35.9 Å². The van der Waals surface area contributed by atoms with E-state index in [1.165, 1.54) is 11.3 Å². The van der Waals surface area contributed by atoms with Crippen LogP contribution < -0.4 is 4.90 Å². The largest absolute Gasteiger partial charge is 0.392 e. The third-order valence-electron chi connectivity index (χ3n) is 8.46. The summed E-state index contributed by atoms with van der Waals surface area (Å²) >= 11 is 0. The molecule has 0 radical (unpaired) electrons. The number of hydrogen-bond donors (Lipinski definition) is 2. The minimum Gasteiger partial charge on any atom is -0.392 e. The molecule has 128 valence electrons. The lowest BCUT2D eigenvalue weighted by Crippen LogP contribution is -2.72. The van der Waals surface area contributed by atoms with Gasteiger partial charge in [-0.15, -0.1) is 0 Å². The molecule has 5 bridgehead atoms. The van der Waals surface area contributed by atoms with Crippen LogP contribution in [0.1, 0.15) is 31.7 Å². The number of fused-ring (bicyclic) bond motifs is 2. The van der Waals surface area contributed by atoms with Crippen molar-refractivity contribution in [2.24, 2.45) is 17.8 Å². The Morgan fingerprint density at radius 3 is 2.79 bits per heavy atom. The van der Waals surface area contributed by atoms with Crippen molar-refractivity contribution in [3.63, 3.8) is 0 Å². The van der Waals surface area contributed by atoms with Gasteiger partial charge in [0.05, 0.1) is 12.1 Å². The van der Waals surface area contributed by atoms with Crippen LogP contribution in [0.25, 0.3) is 0 Å². The van der Waals surface area contributed by atoms with Crippen LogP contribution in [-0.2, 0) is 5.41 Å². The molecule has 1 aromatic carbocycles. The number of aliphatic hydroxyl groups excluding tert-OH is 2. The molecule has 1 aliphatic carbocycles. The fourth-order valence-corrected chi connectivity index (χ4v) is 7.88. The third kappa shape index (κ3) is 1.20. The summed E-state index contributed by atoms with van der Waals surface area (Å²) in [6.45, 7) is 2.19. The lowest BCUT2D eigenvalue weighted by Gasteiger charge is -2.62. The van der Waals surface area contributed by atoms with Crippen molar-refractivity contribution < 1.29 is 10.2 Å². The highest BCUT2D eigenvalue weighted by Crippen LogP contribution is 2.68. The number of rotatable bonds is 1. The summed E-state index contributed by atoms with van der Waals surface area (Å²) in [7, 11) is 2.19. The zero-order chi connectivity index (χ0) is 16.4. The number of piperidine rings is 4. The molecule has 9 unspecified atom stereocenters. The smallest absolute Gasteiger partial charge is 0.111 e. The van der Waals surface area contributed by atoms with Gasteiger partial charge in [0.1, 0.15) is 6.23 Å². The first-order chi connectivity index (χ1) is 11.6. The van der Waals surface area contributed by atoms with Gasteiger partial charge in [0.25, 0.3) is 0 Å². The van der Waals surface area contributed by atoms with E-state index >= 15 is 0 Å². The van der Waals surface area contributed by atoms with Gasteiger partial charge in [-0.05, 0) is 36.8 Å². The Bertz CT molecular complexity index is 723. The van der Waals surface area contributed by atoms with Crippen molar-refractivity contribution in [3.05, 3.63) is 29.8 Å². The molecule has 24 heavy (non-hydrogen) atoms. The van der Waals surface area contributed by atoms with Crippen molar-refractivity contribution in [1.29, 1.82) is 0 Å². The van der Waals surface area contributed by atoms with Crippen LogP contribution in [0.4, 0.5) is 5.69 Å². The highest BCUT2D eigenvalue weighted by atomic mass is 16.3. The Morgan fingerprint density at radius 2 is 2.00 bits per heavy atom. The molecule has 4 nitrogen and oxygen atoms in total. The van der Waals surface area contributed by atoms with Crippen LogP contribution in [0.5, 0.6) is 0 Å². The predicted molar refractivity (Wildman–Crippen MR) is 91.7 cm³/mol. The quantitative estimate of drug-likeness (QED) is 0.822. The Hall–Kier alpha value is -1.10. The average molecular weight is 326 g/mol. The fraction of sp³-hybridized carbons (Fsp3) is 0.700. The molecule has 5 aliphatic heterocycles. The normalized spacial score (nSPS) is 55.8. The second-order valence-electron chi connectivity index (χ2n) is 8.81. The number of aliphatic hydroxyl groups is 2. The van der Waals surface area contributed by atoms with Crippen molar-refractivity contribution >= 4 is 5.69 Å². The molecular formula is C20H26N2O2. The summed E-state index contributed by atoms with van der Waals surface area (Å²) in [6.07, 6.45) is 2.56. The Balaban J connectivity index is 1.60. The lowest BCUT2D eigenvalue weighted by molar-refractivity contribution is -0.211. The van der Waals surface area contributed by atoms with Gasteiger partial charge in [-0.1, -0.05) is 25.1 Å².